The summed E-state index contributed by atoms with van der Waals surface area (Å²) in [5, 5.41) is 8.68. The molecule has 2 aromatic rings. The molecule has 0 aliphatic carbocycles. The number of benzene rings is 1. The average Bonchev–Trinajstić information content (AvgIpc) is 3.03. The van der Waals surface area contributed by atoms with Crippen LogP contribution in [0.2, 0.25) is 0 Å². The van der Waals surface area contributed by atoms with Crippen LogP contribution in [0, 0.1) is 0 Å². The van der Waals surface area contributed by atoms with Crippen molar-refractivity contribution >= 4 is 17.7 Å². The minimum absolute atomic E-state index is 0.314. The van der Waals surface area contributed by atoms with Gasteiger partial charge in [-0.3, -0.25) is 9.36 Å². The summed E-state index contributed by atoms with van der Waals surface area (Å²) >= 11 is 1.28. The van der Waals surface area contributed by atoms with Crippen LogP contribution >= 0.6 is 11.8 Å². The first-order chi connectivity index (χ1) is 12.1. The zero-order chi connectivity index (χ0) is 17.8. The molecular formula is C17H19N3O4S. The summed E-state index contributed by atoms with van der Waals surface area (Å²) in [7, 11) is 1.37. The molecule has 0 saturated carbocycles. The quantitative estimate of drug-likeness (QED) is 0.445. The molecule has 0 fully saturated rings. The van der Waals surface area contributed by atoms with Crippen LogP contribution in [0.5, 0.6) is 11.5 Å². The van der Waals surface area contributed by atoms with Crippen molar-refractivity contribution in [2.75, 3.05) is 13.7 Å². The van der Waals surface area contributed by atoms with E-state index >= 15 is 0 Å². The Morgan fingerprint density at radius 3 is 2.96 bits per heavy atom. The Labute approximate surface area is 150 Å². The van der Waals surface area contributed by atoms with E-state index in [2.05, 4.69) is 16.8 Å². The summed E-state index contributed by atoms with van der Waals surface area (Å²) in [4.78, 5) is 11.7. The number of hydrogen-bond donors (Lipinski definition) is 0. The smallest absolute Gasteiger partial charge is 0.318 e. The van der Waals surface area contributed by atoms with Crippen molar-refractivity contribution in [2.45, 2.75) is 30.0 Å². The van der Waals surface area contributed by atoms with Gasteiger partial charge >= 0.3 is 5.97 Å². The van der Waals surface area contributed by atoms with E-state index in [-0.39, 0.29) is 12.1 Å². The number of thioether (sulfide) groups is 1. The lowest BCUT2D eigenvalue weighted by Crippen LogP contribution is -2.25. The van der Waals surface area contributed by atoms with Gasteiger partial charge in [0, 0.05) is 6.54 Å². The third kappa shape index (κ3) is 3.63. The van der Waals surface area contributed by atoms with E-state index in [9.17, 15) is 4.79 Å². The first kappa shape index (κ1) is 17.3. The molecule has 1 aromatic heterocycles. The number of allylic oxidation sites excluding steroid dienone is 1. The van der Waals surface area contributed by atoms with Crippen molar-refractivity contribution < 1.29 is 19.0 Å². The fourth-order valence-corrected chi connectivity index (χ4v) is 3.34. The normalized spacial score (nSPS) is 17.0. The molecule has 0 bridgehead atoms. The fraction of sp³-hybridized carbons (Fsp3) is 0.353. The Morgan fingerprint density at radius 1 is 1.48 bits per heavy atom. The highest BCUT2D eigenvalue weighted by Gasteiger charge is 2.29. The highest BCUT2D eigenvalue weighted by atomic mass is 32.2. The van der Waals surface area contributed by atoms with Gasteiger partial charge in [0.2, 0.25) is 0 Å². The second kappa shape index (κ2) is 7.60. The fourth-order valence-electron chi connectivity index (χ4n) is 2.45. The van der Waals surface area contributed by atoms with Crippen LogP contribution in [0.3, 0.4) is 0 Å². The Kier molecular flexibility index (Phi) is 5.28. The third-order valence-electron chi connectivity index (χ3n) is 3.67. The summed E-state index contributed by atoms with van der Waals surface area (Å²) in [6.45, 7) is 6.38. The van der Waals surface area contributed by atoms with E-state index in [1.54, 1.807) is 13.0 Å². The van der Waals surface area contributed by atoms with Crippen LogP contribution in [0.15, 0.2) is 42.1 Å². The molecule has 2 atom stereocenters. The second-order valence-electron chi connectivity index (χ2n) is 5.39. The van der Waals surface area contributed by atoms with Gasteiger partial charge in [-0.2, -0.15) is 0 Å². The van der Waals surface area contributed by atoms with Crippen molar-refractivity contribution in [1.82, 2.24) is 14.8 Å². The number of fused-ring (bicyclic) bond motifs is 1. The lowest BCUT2D eigenvalue weighted by Gasteiger charge is -2.26. The molecule has 1 aromatic carbocycles. The molecule has 0 N–H and O–H groups in total. The molecule has 0 amide bonds. The van der Waals surface area contributed by atoms with Gasteiger partial charge in [0.25, 0.3) is 0 Å². The van der Waals surface area contributed by atoms with Crippen molar-refractivity contribution in [3.63, 3.8) is 0 Å². The van der Waals surface area contributed by atoms with Gasteiger partial charge in [0.15, 0.2) is 28.6 Å². The van der Waals surface area contributed by atoms with Crippen molar-refractivity contribution in [3.8, 4) is 11.5 Å². The maximum atomic E-state index is 11.7. The topological polar surface area (TPSA) is 75.5 Å². The summed E-state index contributed by atoms with van der Waals surface area (Å²) < 4.78 is 18.4. The maximum Gasteiger partial charge on any atom is 0.318 e. The Morgan fingerprint density at radius 2 is 2.24 bits per heavy atom. The molecule has 25 heavy (non-hydrogen) atoms. The minimum atomic E-state index is -0.394. The number of esters is 1. The molecule has 0 unspecified atom stereocenters. The van der Waals surface area contributed by atoms with Gasteiger partial charge in [0.1, 0.15) is 11.9 Å². The predicted octanol–water partition coefficient (Wildman–Crippen LogP) is 2.63. The Balaban J connectivity index is 1.85. The van der Waals surface area contributed by atoms with E-state index in [1.165, 1.54) is 18.9 Å². The zero-order valence-electron chi connectivity index (χ0n) is 14.0. The molecule has 3 rings (SSSR count). The number of nitrogens with zero attached hydrogens (tertiary/aromatic N) is 3. The van der Waals surface area contributed by atoms with Crippen molar-refractivity contribution in [1.29, 1.82) is 0 Å². The molecule has 0 saturated heterocycles. The largest absolute Gasteiger partial charge is 0.485 e. The van der Waals surface area contributed by atoms with Crippen LogP contribution in [0.25, 0.3) is 0 Å². The number of para-hydroxylation sites is 2. The van der Waals surface area contributed by atoms with Crippen LogP contribution in [0.1, 0.15) is 18.9 Å². The predicted molar refractivity (Wildman–Crippen MR) is 92.9 cm³/mol. The number of carbonyl (C=O) groups excluding carboxylic acids is 1. The van der Waals surface area contributed by atoms with Crippen molar-refractivity contribution in [3.05, 3.63) is 42.7 Å². The molecule has 132 valence electrons. The maximum absolute atomic E-state index is 11.7. The summed E-state index contributed by atoms with van der Waals surface area (Å²) in [5.74, 6) is 1.70. The van der Waals surface area contributed by atoms with E-state index < -0.39 is 5.25 Å². The molecule has 8 heteroatoms. The highest BCUT2D eigenvalue weighted by molar-refractivity contribution is 8.00. The van der Waals surface area contributed by atoms with Crippen LogP contribution in [-0.4, -0.2) is 39.7 Å². The minimum Gasteiger partial charge on any atom is -0.485 e. The highest BCUT2D eigenvalue weighted by Crippen LogP contribution is 2.36. The number of hydrogen-bond acceptors (Lipinski definition) is 7. The van der Waals surface area contributed by atoms with Crippen LogP contribution in [-0.2, 0) is 16.1 Å². The van der Waals surface area contributed by atoms with Gasteiger partial charge in [-0.25, -0.2) is 0 Å². The van der Waals surface area contributed by atoms with Gasteiger partial charge in [-0.05, 0) is 19.1 Å². The summed E-state index contributed by atoms with van der Waals surface area (Å²) in [5.41, 5.74) is 0. The van der Waals surface area contributed by atoms with Crippen LogP contribution < -0.4 is 9.47 Å². The first-order valence-electron chi connectivity index (χ1n) is 7.81. The van der Waals surface area contributed by atoms with E-state index in [0.29, 0.717) is 35.6 Å². The lowest BCUT2D eigenvalue weighted by molar-refractivity contribution is -0.139. The lowest BCUT2D eigenvalue weighted by atomic mass is 10.2. The molecule has 2 heterocycles. The number of carbonyl (C=O) groups is 1. The number of rotatable bonds is 6. The van der Waals surface area contributed by atoms with Crippen molar-refractivity contribution in [2.24, 2.45) is 0 Å². The molecule has 1 aliphatic rings. The first-order valence-corrected chi connectivity index (χ1v) is 8.69. The van der Waals surface area contributed by atoms with Crippen LogP contribution in [0.4, 0.5) is 0 Å². The monoisotopic (exact) mass is 361 g/mol. The number of methoxy groups -OCH3 is 1. The number of ether oxygens (including phenoxy) is 3. The standard InChI is InChI=1S/C17H19N3O4S/c1-4-9-20-15(18-19-17(20)25-11(2)16(21)22-3)14-10-23-12-7-5-6-8-13(12)24-14/h4-8,11,14H,1,9-10H2,2-3H3/t11-,14+/m1/s1. The van der Waals surface area contributed by atoms with Gasteiger partial charge in [-0.15, -0.1) is 16.8 Å². The molecular weight excluding hydrogens is 342 g/mol. The van der Waals surface area contributed by atoms with E-state index in [0.717, 1.165) is 0 Å². The Bertz CT molecular complexity index is 777. The van der Waals surface area contributed by atoms with Gasteiger partial charge < -0.3 is 14.2 Å². The third-order valence-corrected chi connectivity index (χ3v) is 4.73. The van der Waals surface area contributed by atoms with Gasteiger partial charge in [0.05, 0.1) is 7.11 Å². The molecule has 0 spiro atoms. The van der Waals surface area contributed by atoms with Gasteiger partial charge in [-0.1, -0.05) is 30.0 Å². The molecule has 0 radical (unpaired) electrons. The molecule has 7 nitrogen and oxygen atoms in total. The van der Waals surface area contributed by atoms with E-state index in [1.807, 2.05) is 28.8 Å². The molecule has 1 aliphatic heterocycles. The SMILES string of the molecule is C=CCn1c(S[C@H](C)C(=O)OC)nnc1[C@@H]1COc2ccccc2O1. The number of aromatic nitrogens is 3. The second-order valence-corrected chi connectivity index (χ2v) is 6.70. The zero-order valence-corrected chi connectivity index (χ0v) is 14.9. The summed E-state index contributed by atoms with van der Waals surface area (Å²) in [6.07, 6.45) is 1.36. The Hall–Kier alpha value is -2.48. The van der Waals surface area contributed by atoms with E-state index in [4.69, 9.17) is 14.2 Å². The summed E-state index contributed by atoms with van der Waals surface area (Å²) in [6, 6.07) is 7.49. The average molecular weight is 361 g/mol.